The lowest BCUT2D eigenvalue weighted by Crippen LogP contribution is -2.41. The van der Waals surface area contributed by atoms with Crippen molar-refractivity contribution in [2.24, 2.45) is 0 Å². The Morgan fingerprint density at radius 3 is 2.05 bits per heavy atom. The van der Waals surface area contributed by atoms with E-state index in [-0.39, 0.29) is 23.5 Å². The van der Waals surface area contributed by atoms with Gasteiger partial charge in [-0.3, -0.25) is 4.79 Å². The standard InChI is InChI=1S/C30H34N2O5S/c1-22-8-18-28(19-9-22)38(36,37)31(2)21-29(33)32(27-16-14-26(15-17-27)30(34)35)20-23-10-12-25(13-11-23)24-6-4-3-5-7-24/h8-19,24H,3-7,20-21H2,1-2H3,(H,34,35). The first kappa shape index (κ1) is 27.5. The summed E-state index contributed by atoms with van der Waals surface area (Å²) >= 11 is 0. The summed E-state index contributed by atoms with van der Waals surface area (Å²) in [5.41, 5.74) is 3.76. The van der Waals surface area contributed by atoms with Crippen LogP contribution >= 0.6 is 0 Å². The normalized spacial score (nSPS) is 14.4. The van der Waals surface area contributed by atoms with E-state index in [1.165, 1.54) is 73.9 Å². The molecule has 3 aromatic rings. The molecule has 4 rings (SSSR count). The van der Waals surface area contributed by atoms with E-state index < -0.39 is 21.9 Å². The van der Waals surface area contributed by atoms with E-state index in [0.717, 1.165) is 15.4 Å². The van der Waals surface area contributed by atoms with E-state index in [1.54, 1.807) is 24.3 Å². The number of rotatable bonds is 9. The third kappa shape index (κ3) is 6.49. The summed E-state index contributed by atoms with van der Waals surface area (Å²) in [6.45, 7) is 1.74. The molecule has 1 saturated carbocycles. The number of carbonyl (C=O) groups excluding carboxylic acids is 1. The molecule has 0 heterocycles. The molecule has 0 saturated heterocycles. The minimum absolute atomic E-state index is 0.108. The summed E-state index contributed by atoms with van der Waals surface area (Å²) in [4.78, 5) is 26.5. The van der Waals surface area contributed by atoms with E-state index in [4.69, 9.17) is 0 Å². The van der Waals surface area contributed by atoms with Crippen molar-refractivity contribution < 1.29 is 23.1 Å². The van der Waals surface area contributed by atoms with Crippen LogP contribution in [0.2, 0.25) is 0 Å². The van der Waals surface area contributed by atoms with E-state index >= 15 is 0 Å². The molecular weight excluding hydrogens is 500 g/mol. The van der Waals surface area contributed by atoms with Crippen LogP contribution in [0.15, 0.2) is 77.7 Å². The second-order valence-electron chi connectivity index (χ2n) is 9.98. The minimum atomic E-state index is -3.87. The number of aromatic carboxylic acids is 1. The first-order chi connectivity index (χ1) is 18.1. The molecule has 200 valence electrons. The fourth-order valence-corrected chi connectivity index (χ4v) is 5.99. The Morgan fingerprint density at radius 1 is 0.868 bits per heavy atom. The van der Waals surface area contributed by atoms with Crippen molar-refractivity contribution in [3.63, 3.8) is 0 Å². The average molecular weight is 535 g/mol. The van der Waals surface area contributed by atoms with E-state index in [9.17, 15) is 23.1 Å². The van der Waals surface area contributed by atoms with Crippen molar-refractivity contribution in [1.82, 2.24) is 4.31 Å². The van der Waals surface area contributed by atoms with E-state index in [2.05, 4.69) is 12.1 Å². The molecule has 7 nitrogen and oxygen atoms in total. The summed E-state index contributed by atoms with van der Waals surface area (Å²) in [6, 6.07) is 20.8. The fourth-order valence-electron chi connectivity index (χ4n) is 4.87. The molecule has 0 radical (unpaired) electrons. The number of nitrogens with zero attached hydrogens (tertiary/aromatic N) is 2. The largest absolute Gasteiger partial charge is 0.478 e. The zero-order valence-electron chi connectivity index (χ0n) is 21.8. The number of carbonyl (C=O) groups is 2. The Hall–Kier alpha value is -3.49. The number of amides is 1. The highest BCUT2D eigenvalue weighted by Crippen LogP contribution is 2.33. The second kappa shape index (κ2) is 11.9. The van der Waals surface area contributed by atoms with Crippen LogP contribution < -0.4 is 4.90 Å². The molecule has 0 spiro atoms. The predicted molar refractivity (Wildman–Crippen MR) is 148 cm³/mol. The van der Waals surface area contributed by atoms with Crippen molar-refractivity contribution in [1.29, 1.82) is 0 Å². The number of sulfonamides is 1. The van der Waals surface area contributed by atoms with Gasteiger partial charge in [0.25, 0.3) is 0 Å². The fraction of sp³-hybridized carbons (Fsp3) is 0.333. The van der Waals surface area contributed by atoms with Gasteiger partial charge in [0.05, 0.1) is 23.5 Å². The number of carboxylic acid groups (broad SMARTS) is 1. The minimum Gasteiger partial charge on any atom is -0.478 e. The Balaban J connectivity index is 1.56. The van der Waals surface area contributed by atoms with Crippen LogP contribution in [0.4, 0.5) is 5.69 Å². The average Bonchev–Trinajstić information content (AvgIpc) is 2.92. The van der Waals surface area contributed by atoms with Crippen LogP contribution in [0.1, 0.15) is 65.1 Å². The highest BCUT2D eigenvalue weighted by atomic mass is 32.2. The zero-order chi connectivity index (χ0) is 27.3. The summed E-state index contributed by atoms with van der Waals surface area (Å²) in [6.07, 6.45) is 6.18. The third-order valence-corrected chi connectivity index (χ3v) is 9.03. The van der Waals surface area contributed by atoms with E-state index in [1.807, 2.05) is 19.1 Å². The monoisotopic (exact) mass is 534 g/mol. The lowest BCUT2D eigenvalue weighted by atomic mass is 9.84. The first-order valence-electron chi connectivity index (χ1n) is 12.9. The van der Waals surface area contributed by atoms with E-state index in [0.29, 0.717) is 11.6 Å². The Morgan fingerprint density at radius 2 is 1.47 bits per heavy atom. The highest BCUT2D eigenvalue weighted by molar-refractivity contribution is 7.89. The number of likely N-dealkylation sites (N-methyl/N-ethyl adjacent to an activating group) is 1. The molecule has 1 N–H and O–H groups in total. The van der Waals surface area contributed by atoms with Gasteiger partial charge in [-0.2, -0.15) is 4.31 Å². The molecular formula is C30H34N2O5S. The van der Waals surface area contributed by atoms with Crippen LogP contribution in [0.3, 0.4) is 0 Å². The van der Waals surface area contributed by atoms with Crippen molar-refractivity contribution in [3.8, 4) is 0 Å². The predicted octanol–water partition coefficient (Wildman–Crippen LogP) is 5.59. The molecule has 1 aliphatic carbocycles. The van der Waals surface area contributed by atoms with Gasteiger partial charge < -0.3 is 10.0 Å². The lowest BCUT2D eigenvalue weighted by molar-refractivity contribution is -0.118. The smallest absolute Gasteiger partial charge is 0.335 e. The van der Waals surface area contributed by atoms with Crippen molar-refractivity contribution in [2.75, 3.05) is 18.5 Å². The molecule has 0 aliphatic heterocycles. The molecule has 0 bridgehead atoms. The molecule has 0 aromatic heterocycles. The number of anilines is 1. The summed E-state index contributed by atoms with van der Waals surface area (Å²) in [5.74, 6) is -0.904. The SMILES string of the molecule is Cc1ccc(S(=O)(=O)N(C)CC(=O)N(Cc2ccc(C3CCCCC3)cc2)c2ccc(C(=O)O)cc2)cc1. The number of hydrogen-bond acceptors (Lipinski definition) is 4. The van der Waals surface area contributed by atoms with Gasteiger partial charge in [-0.05, 0) is 73.2 Å². The van der Waals surface area contributed by atoms with Crippen molar-refractivity contribution in [3.05, 3.63) is 95.1 Å². The zero-order valence-corrected chi connectivity index (χ0v) is 22.7. The maximum atomic E-state index is 13.5. The molecule has 0 unspecified atom stereocenters. The number of hydrogen-bond donors (Lipinski definition) is 1. The lowest BCUT2D eigenvalue weighted by Gasteiger charge is -2.26. The van der Waals surface area contributed by atoms with Crippen LogP contribution in [-0.4, -0.2) is 43.3 Å². The Kier molecular flexibility index (Phi) is 8.64. The van der Waals surface area contributed by atoms with Gasteiger partial charge in [-0.15, -0.1) is 0 Å². The first-order valence-corrected chi connectivity index (χ1v) is 14.3. The highest BCUT2D eigenvalue weighted by Gasteiger charge is 2.26. The van der Waals surface area contributed by atoms with Gasteiger partial charge in [0.1, 0.15) is 0 Å². The second-order valence-corrected chi connectivity index (χ2v) is 12.0. The van der Waals surface area contributed by atoms with Crippen LogP contribution in [-0.2, 0) is 21.4 Å². The molecule has 1 fully saturated rings. The Labute approximate surface area is 224 Å². The number of aryl methyl sites for hydroxylation is 1. The molecule has 1 aliphatic rings. The van der Waals surface area contributed by atoms with Crippen molar-refractivity contribution >= 4 is 27.6 Å². The third-order valence-electron chi connectivity index (χ3n) is 7.21. The molecule has 1 amide bonds. The molecule has 0 atom stereocenters. The summed E-state index contributed by atoms with van der Waals surface area (Å²) in [5, 5.41) is 9.27. The number of carboxylic acids is 1. The van der Waals surface area contributed by atoms with Crippen molar-refractivity contribution in [2.45, 2.75) is 56.4 Å². The summed E-state index contributed by atoms with van der Waals surface area (Å²) < 4.78 is 27.2. The quantitative estimate of drug-likeness (QED) is 0.386. The Bertz CT molecular complexity index is 1360. The van der Waals surface area contributed by atoms with Crippen LogP contribution in [0.5, 0.6) is 0 Å². The molecule has 8 heteroatoms. The van der Waals surface area contributed by atoms with Gasteiger partial charge in [-0.25, -0.2) is 13.2 Å². The molecule has 38 heavy (non-hydrogen) atoms. The van der Waals surface area contributed by atoms with Gasteiger partial charge in [-0.1, -0.05) is 61.2 Å². The maximum Gasteiger partial charge on any atom is 0.335 e. The topological polar surface area (TPSA) is 95.0 Å². The van der Waals surface area contributed by atoms with Crippen LogP contribution in [0.25, 0.3) is 0 Å². The number of benzene rings is 3. The van der Waals surface area contributed by atoms with Gasteiger partial charge >= 0.3 is 5.97 Å². The molecule has 3 aromatic carbocycles. The van der Waals surface area contributed by atoms with Gasteiger partial charge in [0, 0.05) is 12.7 Å². The maximum absolute atomic E-state index is 13.5. The van der Waals surface area contributed by atoms with Gasteiger partial charge in [0.2, 0.25) is 15.9 Å². The van der Waals surface area contributed by atoms with Crippen LogP contribution in [0, 0.1) is 6.92 Å². The summed E-state index contributed by atoms with van der Waals surface area (Å²) in [7, 11) is -2.48. The van der Waals surface area contributed by atoms with Gasteiger partial charge in [0.15, 0.2) is 0 Å².